The highest BCUT2D eigenvalue weighted by Gasteiger charge is 2.14. The van der Waals surface area contributed by atoms with E-state index >= 15 is 0 Å². The van der Waals surface area contributed by atoms with E-state index in [1.807, 2.05) is 53.4 Å². The largest absolute Gasteiger partial charge is 0.232 e. The molecule has 0 aliphatic heterocycles. The standard InChI is InChI=1S/C11H10BrClN3/c1-15(16-5-3-2-4-6-16)11-10(12)7-9(13)8-14-11/h2-8H,1H3/q+1. The third-order valence-corrected chi connectivity index (χ3v) is 2.93. The molecule has 0 radical (unpaired) electrons. The van der Waals surface area contributed by atoms with Crippen LogP contribution in [0.4, 0.5) is 5.82 Å². The molecule has 3 nitrogen and oxygen atoms in total. The number of halogens is 2. The van der Waals surface area contributed by atoms with Gasteiger partial charge < -0.3 is 0 Å². The highest BCUT2D eigenvalue weighted by atomic mass is 79.9. The first-order valence-electron chi connectivity index (χ1n) is 4.70. The van der Waals surface area contributed by atoms with Crippen molar-refractivity contribution in [3.63, 3.8) is 0 Å². The molecule has 5 heteroatoms. The van der Waals surface area contributed by atoms with Crippen LogP contribution in [0.1, 0.15) is 0 Å². The minimum absolute atomic E-state index is 0.613. The van der Waals surface area contributed by atoms with Crippen molar-refractivity contribution in [3.05, 3.63) is 52.4 Å². The Morgan fingerprint density at radius 2 is 2.00 bits per heavy atom. The third kappa shape index (κ3) is 2.33. The Bertz CT molecular complexity index is 490. The third-order valence-electron chi connectivity index (χ3n) is 2.14. The van der Waals surface area contributed by atoms with Gasteiger partial charge in [-0.3, -0.25) is 0 Å². The fourth-order valence-corrected chi connectivity index (χ4v) is 2.24. The molecule has 0 bridgehead atoms. The second-order valence-corrected chi connectivity index (χ2v) is 4.53. The summed E-state index contributed by atoms with van der Waals surface area (Å²) < 4.78 is 2.79. The van der Waals surface area contributed by atoms with Crippen LogP contribution >= 0.6 is 27.5 Å². The first kappa shape index (κ1) is 11.4. The Kier molecular flexibility index (Phi) is 3.41. The molecule has 2 aromatic rings. The lowest BCUT2D eigenvalue weighted by Gasteiger charge is -2.12. The zero-order valence-corrected chi connectivity index (χ0v) is 11.0. The summed E-state index contributed by atoms with van der Waals surface area (Å²) in [6, 6.07) is 7.71. The molecule has 0 spiro atoms. The van der Waals surface area contributed by atoms with E-state index in [1.54, 1.807) is 6.20 Å². The van der Waals surface area contributed by atoms with Crippen molar-refractivity contribution in [2.24, 2.45) is 0 Å². The molecular formula is C11H10BrClN3+. The van der Waals surface area contributed by atoms with Crippen molar-refractivity contribution in [1.29, 1.82) is 0 Å². The number of rotatable bonds is 2. The highest BCUT2D eigenvalue weighted by Crippen LogP contribution is 2.24. The van der Waals surface area contributed by atoms with Crippen molar-refractivity contribution in [2.75, 3.05) is 12.1 Å². The highest BCUT2D eigenvalue weighted by molar-refractivity contribution is 9.10. The summed E-state index contributed by atoms with van der Waals surface area (Å²) in [5.41, 5.74) is 0. The quantitative estimate of drug-likeness (QED) is 0.795. The molecule has 0 amide bonds. The van der Waals surface area contributed by atoms with Gasteiger partial charge in [-0.15, -0.1) is 5.01 Å². The van der Waals surface area contributed by atoms with E-state index in [-0.39, 0.29) is 0 Å². The van der Waals surface area contributed by atoms with Gasteiger partial charge in [0.05, 0.1) is 16.5 Å². The molecule has 0 aliphatic carbocycles. The van der Waals surface area contributed by atoms with Crippen molar-refractivity contribution >= 4 is 33.3 Å². The van der Waals surface area contributed by atoms with Crippen LogP contribution in [0.25, 0.3) is 0 Å². The number of pyridine rings is 2. The molecule has 82 valence electrons. The summed E-state index contributed by atoms with van der Waals surface area (Å²) >= 11 is 9.29. The molecular weight excluding hydrogens is 289 g/mol. The minimum Gasteiger partial charge on any atom is -0.232 e. The number of hydrogen-bond acceptors (Lipinski definition) is 2. The molecule has 16 heavy (non-hydrogen) atoms. The maximum absolute atomic E-state index is 5.85. The molecule has 0 atom stereocenters. The van der Waals surface area contributed by atoms with E-state index in [0.717, 1.165) is 10.3 Å². The van der Waals surface area contributed by atoms with Gasteiger partial charge in [0.1, 0.15) is 0 Å². The summed E-state index contributed by atoms with van der Waals surface area (Å²) in [4.78, 5) is 4.28. The molecule has 2 aromatic heterocycles. The Balaban J connectivity index is 2.38. The fraction of sp³-hybridized carbons (Fsp3) is 0.0909. The lowest BCUT2D eigenvalue weighted by atomic mass is 10.4. The SMILES string of the molecule is CN(c1ncc(Cl)cc1Br)[n+]1ccccc1. The van der Waals surface area contributed by atoms with E-state index in [2.05, 4.69) is 20.9 Å². The Hall–Kier alpha value is -1.13. The smallest absolute Gasteiger partial charge is 0.202 e. The molecule has 2 rings (SSSR count). The van der Waals surface area contributed by atoms with Gasteiger partial charge in [-0.2, -0.15) is 0 Å². The average molecular weight is 300 g/mol. The van der Waals surface area contributed by atoms with Crippen molar-refractivity contribution in [2.45, 2.75) is 0 Å². The van der Waals surface area contributed by atoms with E-state index in [1.165, 1.54) is 0 Å². The summed E-state index contributed by atoms with van der Waals surface area (Å²) in [5.74, 6) is 0.806. The summed E-state index contributed by atoms with van der Waals surface area (Å²) in [6.45, 7) is 0. The van der Waals surface area contributed by atoms with Crippen molar-refractivity contribution < 1.29 is 4.68 Å². The minimum atomic E-state index is 0.613. The second kappa shape index (κ2) is 4.80. The van der Waals surface area contributed by atoms with Gasteiger partial charge in [-0.1, -0.05) is 22.3 Å². The monoisotopic (exact) mass is 298 g/mol. The van der Waals surface area contributed by atoms with E-state index < -0.39 is 0 Å². The van der Waals surface area contributed by atoms with Gasteiger partial charge in [0.2, 0.25) is 5.82 Å². The zero-order chi connectivity index (χ0) is 11.5. The van der Waals surface area contributed by atoms with Crippen LogP contribution < -0.4 is 9.69 Å². The maximum atomic E-state index is 5.85. The number of aromatic nitrogens is 2. The van der Waals surface area contributed by atoms with Crippen LogP contribution in [0.5, 0.6) is 0 Å². The average Bonchev–Trinajstić information content (AvgIpc) is 2.29. The van der Waals surface area contributed by atoms with E-state index in [9.17, 15) is 0 Å². The van der Waals surface area contributed by atoms with Crippen LogP contribution in [0, 0.1) is 0 Å². The zero-order valence-electron chi connectivity index (χ0n) is 8.64. The van der Waals surface area contributed by atoms with Crippen molar-refractivity contribution in [1.82, 2.24) is 4.98 Å². The van der Waals surface area contributed by atoms with Crippen molar-refractivity contribution in [3.8, 4) is 0 Å². The normalized spacial score (nSPS) is 10.2. The maximum Gasteiger partial charge on any atom is 0.202 e. The second-order valence-electron chi connectivity index (χ2n) is 3.24. The topological polar surface area (TPSA) is 20.0 Å². The molecule has 0 fully saturated rings. The molecule has 0 unspecified atom stereocenters. The van der Waals surface area contributed by atoms with Gasteiger partial charge in [0, 0.05) is 18.3 Å². The fourth-order valence-electron chi connectivity index (χ4n) is 1.34. The first-order chi connectivity index (χ1) is 7.68. The van der Waals surface area contributed by atoms with Gasteiger partial charge in [0.25, 0.3) is 0 Å². The Labute approximate surface area is 107 Å². The van der Waals surface area contributed by atoms with Gasteiger partial charge in [-0.05, 0) is 22.0 Å². The summed E-state index contributed by atoms with van der Waals surface area (Å²) in [5, 5.41) is 2.53. The van der Waals surface area contributed by atoms with Crippen LogP contribution in [0.3, 0.4) is 0 Å². The first-order valence-corrected chi connectivity index (χ1v) is 5.87. The molecule has 0 saturated heterocycles. The molecule has 0 saturated carbocycles. The van der Waals surface area contributed by atoms with Crippen LogP contribution in [-0.4, -0.2) is 12.0 Å². The van der Waals surface area contributed by atoms with E-state index in [0.29, 0.717) is 5.02 Å². The predicted molar refractivity (Wildman–Crippen MR) is 67.4 cm³/mol. The lowest BCUT2D eigenvalue weighted by molar-refractivity contribution is -0.681. The van der Waals surface area contributed by atoms with Gasteiger partial charge >= 0.3 is 0 Å². The van der Waals surface area contributed by atoms with E-state index in [4.69, 9.17) is 11.6 Å². The molecule has 0 aromatic carbocycles. The Morgan fingerprint density at radius 3 is 2.62 bits per heavy atom. The van der Waals surface area contributed by atoms with Crippen LogP contribution in [-0.2, 0) is 0 Å². The summed E-state index contributed by atoms with van der Waals surface area (Å²) in [6.07, 6.45) is 5.52. The Morgan fingerprint density at radius 1 is 1.31 bits per heavy atom. The van der Waals surface area contributed by atoms with Gasteiger partial charge in [-0.25, -0.2) is 4.98 Å². The molecule has 2 heterocycles. The number of nitrogens with zero attached hydrogens (tertiary/aromatic N) is 3. The number of anilines is 1. The van der Waals surface area contributed by atoms with Crippen LogP contribution in [0.15, 0.2) is 47.3 Å². The summed E-state index contributed by atoms with van der Waals surface area (Å²) in [7, 11) is 1.93. The molecule has 0 aliphatic rings. The number of hydrogen-bond donors (Lipinski definition) is 0. The molecule has 0 N–H and O–H groups in total. The van der Waals surface area contributed by atoms with Crippen LogP contribution in [0.2, 0.25) is 5.02 Å². The lowest BCUT2D eigenvalue weighted by Crippen LogP contribution is -2.51. The van der Waals surface area contributed by atoms with Gasteiger partial charge in [0.15, 0.2) is 12.4 Å². The predicted octanol–water partition coefficient (Wildman–Crippen LogP) is 2.68.